The fourth-order valence-electron chi connectivity index (χ4n) is 0.149. The molecular weight excluding hydrogens is 194 g/mol. The van der Waals surface area contributed by atoms with Gasteiger partial charge >= 0.3 is 10.4 Å². The van der Waals surface area contributed by atoms with Gasteiger partial charge in [-0.2, -0.15) is 8.42 Å². The predicted octanol–water partition coefficient (Wildman–Crippen LogP) is 0.959. The molecule has 0 fully saturated rings. The van der Waals surface area contributed by atoms with E-state index in [4.69, 9.17) is 10.3 Å². The minimum Gasteiger partial charge on any atom is -0.326 e. The molecule has 0 saturated heterocycles. The van der Waals surface area contributed by atoms with Crippen LogP contribution >= 0.6 is 0 Å². The van der Waals surface area contributed by atoms with E-state index in [1.54, 1.807) is 0 Å². The van der Waals surface area contributed by atoms with Crippen molar-refractivity contribution in [2.24, 2.45) is 5.73 Å². The average molecular weight is 213 g/mol. The molecule has 0 aromatic rings. The third-order valence-electron chi connectivity index (χ3n) is 1.18. The summed E-state index contributed by atoms with van der Waals surface area (Å²) >= 11 is 0. The van der Waals surface area contributed by atoms with Crippen LogP contribution in [0.25, 0.3) is 0 Å². The molecule has 0 rings (SSSR count). The maximum Gasteiger partial charge on any atom is 0.397 e. The Kier molecular flexibility index (Phi) is 7.43. The van der Waals surface area contributed by atoms with Crippen LogP contribution < -0.4 is 5.73 Å². The highest BCUT2D eigenvalue weighted by Gasteiger charge is 2.03. The predicted molar refractivity (Wildman–Crippen MR) is 51.7 cm³/mol. The van der Waals surface area contributed by atoms with Gasteiger partial charge in [0, 0.05) is 5.54 Å². The van der Waals surface area contributed by atoms with Gasteiger partial charge in [0.15, 0.2) is 0 Å². The van der Waals surface area contributed by atoms with E-state index in [0.29, 0.717) is 0 Å². The largest absolute Gasteiger partial charge is 0.397 e. The number of nitrogens with two attached hydrogens (primary N) is 1. The molecule has 0 atom stereocenters. The number of hydrogen-bond acceptors (Lipinski definition) is 4. The lowest BCUT2D eigenvalue weighted by molar-refractivity contribution is 0.283. The van der Waals surface area contributed by atoms with E-state index in [1.807, 2.05) is 13.8 Å². The zero-order chi connectivity index (χ0) is 11.1. The molecule has 0 aliphatic heterocycles. The lowest BCUT2D eigenvalue weighted by atomic mass is 10.1. The molecule has 0 bridgehead atoms. The standard InChI is InChI=1S/C5H13N.C2H6O4S/c1-4-5(2,3)6;1-2-6-7(3,4)5/h4,6H2,1-3H3;2H2,1H3,(H,3,4,5). The SMILES string of the molecule is CCC(C)(C)N.CCOS(=O)(=O)O. The minimum atomic E-state index is -4.17. The van der Waals surface area contributed by atoms with Gasteiger partial charge in [0.2, 0.25) is 0 Å². The van der Waals surface area contributed by atoms with E-state index in [-0.39, 0.29) is 12.1 Å². The monoisotopic (exact) mass is 213 g/mol. The van der Waals surface area contributed by atoms with Gasteiger partial charge in [-0.3, -0.25) is 4.55 Å². The molecule has 6 heteroatoms. The maximum atomic E-state index is 9.56. The molecule has 13 heavy (non-hydrogen) atoms. The molecule has 0 amide bonds. The van der Waals surface area contributed by atoms with Crippen molar-refractivity contribution in [1.29, 1.82) is 0 Å². The van der Waals surface area contributed by atoms with Crippen LogP contribution in [0.2, 0.25) is 0 Å². The van der Waals surface area contributed by atoms with Crippen molar-refractivity contribution in [2.45, 2.75) is 39.7 Å². The quantitative estimate of drug-likeness (QED) is 0.681. The van der Waals surface area contributed by atoms with E-state index in [9.17, 15) is 8.42 Å². The molecule has 0 aromatic heterocycles. The molecule has 82 valence electrons. The Hall–Kier alpha value is -0.170. The van der Waals surface area contributed by atoms with E-state index in [0.717, 1.165) is 6.42 Å². The van der Waals surface area contributed by atoms with E-state index < -0.39 is 10.4 Å². The van der Waals surface area contributed by atoms with Crippen molar-refractivity contribution in [1.82, 2.24) is 0 Å². The first-order chi connectivity index (χ1) is 5.62. The Morgan fingerprint density at radius 2 is 1.69 bits per heavy atom. The number of hydrogen-bond donors (Lipinski definition) is 2. The third-order valence-corrected chi connectivity index (χ3v) is 1.71. The zero-order valence-corrected chi connectivity index (χ0v) is 9.39. The van der Waals surface area contributed by atoms with Crippen LogP contribution in [0.5, 0.6) is 0 Å². The first kappa shape index (κ1) is 15.3. The average Bonchev–Trinajstić information content (AvgIpc) is 1.84. The molecule has 0 unspecified atom stereocenters. The molecule has 0 aliphatic carbocycles. The molecule has 0 saturated carbocycles. The second-order valence-corrected chi connectivity index (χ2v) is 4.27. The second-order valence-electron chi connectivity index (χ2n) is 3.18. The first-order valence-corrected chi connectivity index (χ1v) is 5.39. The van der Waals surface area contributed by atoms with Crippen LogP contribution in [-0.2, 0) is 14.6 Å². The second kappa shape index (κ2) is 6.31. The molecule has 0 heterocycles. The fraction of sp³-hybridized carbons (Fsp3) is 1.00. The molecule has 0 spiro atoms. The first-order valence-electron chi connectivity index (χ1n) is 4.03. The Balaban J connectivity index is 0. The normalized spacial score (nSPS) is 11.8. The Bertz CT molecular complexity index is 205. The highest BCUT2D eigenvalue weighted by molar-refractivity contribution is 7.80. The van der Waals surface area contributed by atoms with Crippen LogP contribution in [0.15, 0.2) is 0 Å². The van der Waals surface area contributed by atoms with E-state index in [2.05, 4.69) is 11.1 Å². The molecule has 5 nitrogen and oxygen atoms in total. The van der Waals surface area contributed by atoms with Gasteiger partial charge in [-0.25, -0.2) is 4.18 Å². The summed E-state index contributed by atoms with van der Waals surface area (Å²) in [4.78, 5) is 0. The smallest absolute Gasteiger partial charge is 0.326 e. The van der Waals surface area contributed by atoms with Crippen molar-refractivity contribution < 1.29 is 17.2 Å². The summed E-state index contributed by atoms with van der Waals surface area (Å²) in [6, 6.07) is 0. The zero-order valence-electron chi connectivity index (χ0n) is 8.57. The molecule has 3 N–H and O–H groups in total. The summed E-state index contributed by atoms with van der Waals surface area (Å²) in [5.74, 6) is 0. The summed E-state index contributed by atoms with van der Waals surface area (Å²) in [5.41, 5.74) is 5.58. The summed E-state index contributed by atoms with van der Waals surface area (Å²) in [7, 11) is -4.17. The molecule has 0 aromatic carbocycles. The van der Waals surface area contributed by atoms with Crippen LogP contribution in [0.3, 0.4) is 0 Å². The van der Waals surface area contributed by atoms with Gasteiger partial charge in [-0.05, 0) is 27.2 Å². The summed E-state index contributed by atoms with van der Waals surface area (Å²) in [5, 5.41) is 0. The van der Waals surface area contributed by atoms with Gasteiger partial charge in [-0.15, -0.1) is 0 Å². The highest BCUT2D eigenvalue weighted by Crippen LogP contribution is 1.99. The highest BCUT2D eigenvalue weighted by atomic mass is 32.3. The molecule has 0 aliphatic rings. The van der Waals surface area contributed by atoms with Gasteiger partial charge in [-0.1, -0.05) is 6.92 Å². The van der Waals surface area contributed by atoms with Crippen LogP contribution in [0.4, 0.5) is 0 Å². The molecular formula is C7H19NO4S. The fourth-order valence-corrected chi connectivity index (χ4v) is 0.447. The van der Waals surface area contributed by atoms with Gasteiger partial charge in [0.1, 0.15) is 0 Å². The lowest BCUT2D eigenvalue weighted by Crippen LogP contribution is -2.30. The minimum absolute atomic E-state index is 0.0289. The van der Waals surface area contributed by atoms with Crippen LogP contribution in [-0.4, -0.2) is 25.1 Å². The van der Waals surface area contributed by atoms with Gasteiger partial charge in [0.25, 0.3) is 0 Å². The van der Waals surface area contributed by atoms with Gasteiger partial charge in [0.05, 0.1) is 6.61 Å². The van der Waals surface area contributed by atoms with Crippen molar-refractivity contribution in [3.63, 3.8) is 0 Å². The van der Waals surface area contributed by atoms with Crippen molar-refractivity contribution in [3.05, 3.63) is 0 Å². The lowest BCUT2D eigenvalue weighted by Gasteiger charge is -2.13. The molecule has 0 radical (unpaired) electrons. The Morgan fingerprint density at radius 1 is 1.38 bits per heavy atom. The van der Waals surface area contributed by atoms with Crippen LogP contribution in [0.1, 0.15) is 34.1 Å². The third kappa shape index (κ3) is 24.5. The summed E-state index contributed by atoms with van der Waals surface area (Å²) < 4.78 is 30.7. The van der Waals surface area contributed by atoms with Crippen molar-refractivity contribution in [2.75, 3.05) is 6.61 Å². The van der Waals surface area contributed by atoms with E-state index >= 15 is 0 Å². The Morgan fingerprint density at radius 3 is 1.69 bits per heavy atom. The van der Waals surface area contributed by atoms with Crippen molar-refractivity contribution in [3.8, 4) is 0 Å². The van der Waals surface area contributed by atoms with Crippen LogP contribution in [0, 0.1) is 0 Å². The summed E-state index contributed by atoms with van der Waals surface area (Å²) in [6.07, 6.45) is 1.05. The number of rotatable bonds is 3. The van der Waals surface area contributed by atoms with Crippen molar-refractivity contribution >= 4 is 10.4 Å². The van der Waals surface area contributed by atoms with E-state index in [1.165, 1.54) is 6.92 Å². The maximum absolute atomic E-state index is 9.56. The Labute approximate surface area is 80.2 Å². The topological polar surface area (TPSA) is 89.6 Å². The summed E-state index contributed by atoms with van der Waals surface area (Å²) in [6.45, 7) is 7.56. The van der Waals surface area contributed by atoms with Gasteiger partial charge < -0.3 is 5.73 Å².